The maximum atomic E-state index is 11.7. The van der Waals surface area contributed by atoms with Crippen molar-refractivity contribution < 1.29 is 14.3 Å². The Morgan fingerprint density at radius 1 is 1.06 bits per heavy atom. The van der Waals surface area contributed by atoms with Crippen molar-refractivity contribution in [3.63, 3.8) is 0 Å². The number of nitrogens with one attached hydrogen (secondary N) is 1. The van der Waals surface area contributed by atoms with Crippen molar-refractivity contribution in [2.75, 3.05) is 38.3 Å². The second-order valence-corrected chi connectivity index (χ2v) is 9.44. The summed E-state index contributed by atoms with van der Waals surface area (Å²) in [5.41, 5.74) is 3.41. The number of benzene rings is 2. The number of nitrogens with zero attached hydrogens (tertiary/aromatic N) is 3. The highest BCUT2D eigenvalue weighted by atomic mass is 16.5. The molecule has 1 saturated carbocycles. The Morgan fingerprint density at radius 3 is 2.60 bits per heavy atom. The van der Waals surface area contributed by atoms with E-state index in [1.165, 1.54) is 18.4 Å². The van der Waals surface area contributed by atoms with Crippen molar-refractivity contribution in [1.82, 2.24) is 15.3 Å². The lowest BCUT2D eigenvalue weighted by atomic mass is 9.88. The van der Waals surface area contributed by atoms with Gasteiger partial charge in [0, 0.05) is 30.9 Å². The molecule has 1 saturated heterocycles. The van der Waals surface area contributed by atoms with Crippen molar-refractivity contribution in [3.05, 3.63) is 59.4 Å². The SMILES string of the molecule is CCOC(=O)CNCc1ccc2nc(C3CC3)nc(N3CCC(c4ccccc4OC)CC3)c2c1. The first kappa shape index (κ1) is 23.5. The number of para-hydroxylation sites is 1. The van der Waals surface area contributed by atoms with Gasteiger partial charge in [-0.05, 0) is 67.9 Å². The highest BCUT2D eigenvalue weighted by Gasteiger charge is 2.30. The van der Waals surface area contributed by atoms with Gasteiger partial charge in [0.25, 0.3) is 0 Å². The van der Waals surface area contributed by atoms with Gasteiger partial charge in [-0.3, -0.25) is 4.79 Å². The molecule has 0 spiro atoms. The summed E-state index contributed by atoms with van der Waals surface area (Å²) in [7, 11) is 1.75. The van der Waals surface area contributed by atoms with E-state index in [4.69, 9.17) is 19.4 Å². The van der Waals surface area contributed by atoms with Crippen LogP contribution in [-0.4, -0.2) is 49.3 Å². The molecule has 7 nitrogen and oxygen atoms in total. The van der Waals surface area contributed by atoms with Crippen molar-refractivity contribution in [3.8, 4) is 5.75 Å². The summed E-state index contributed by atoms with van der Waals surface area (Å²) in [6, 6.07) is 14.7. The molecule has 7 heteroatoms. The molecule has 184 valence electrons. The Bertz CT molecular complexity index is 1190. The Balaban J connectivity index is 1.36. The quantitative estimate of drug-likeness (QED) is 0.456. The molecule has 2 fully saturated rings. The molecule has 0 unspecified atom stereocenters. The largest absolute Gasteiger partial charge is 0.496 e. The van der Waals surface area contributed by atoms with Crippen LogP contribution in [0, 0.1) is 0 Å². The van der Waals surface area contributed by atoms with E-state index < -0.39 is 0 Å². The summed E-state index contributed by atoms with van der Waals surface area (Å²) in [5, 5.41) is 4.27. The number of carbonyl (C=O) groups excluding carboxylic acids is 1. The molecule has 35 heavy (non-hydrogen) atoms. The Morgan fingerprint density at radius 2 is 1.86 bits per heavy atom. The Kier molecular flexibility index (Phi) is 7.13. The van der Waals surface area contributed by atoms with Crippen LogP contribution in [-0.2, 0) is 16.1 Å². The lowest BCUT2D eigenvalue weighted by Gasteiger charge is -2.34. The smallest absolute Gasteiger partial charge is 0.319 e. The van der Waals surface area contributed by atoms with E-state index in [9.17, 15) is 4.79 Å². The molecule has 0 radical (unpaired) electrons. The molecular formula is C28H34N4O3. The number of anilines is 1. The number of rotatable bonds is 9. The monoisotopic (exact) mass is 474 g/mol. The fourth-order valence-corrected chi connectivity index (χ4v) is 4.98. The zero-order valence-corrected chi connectivity index (χ0v) is 20.6. The van der Waals surface area contributed by atoms with Gasteiger partial charge in [0.15, 0.2) is 0 Å². The highest BCUT2D eigenvalue weighted by molar-refractivity contribution is 5.90. The van der Waals surface area contributed by atoms with Crippen molar-refractivity contribution in [2.45, 2.75) is 51.0 Å². The molecule has 0 amide bonds. The van der Waals surface area contributed by atoms with Gasteiger partial charge in [0.1, 0.15) is 17.4 Å². The minimum Gasteiger partial charge on any atom is -0.496 e. The van der Waals surface area contributed by atoms with Crippen LogP contribution < -0.4 is 15.0 Å². The molecule has 1 aromatic heterocycles. The molecule has 1 aliphatic carbocycles. The van der Waals surface area contributed by atoms with Gasteiger partial charge in [0.05, 0.1) is 25.8 Å². The highest BCUT2D eigenvalue weighted by Crippen LogP contribution is 2.41. The molecule has 0 bridgehead atoms. The molecule has 1 N–H and O–H groups in total. The molecule has 2 aromatic carbocycles. The number of aromatic nitrogens is 2. The first-order chi connectivity index (χ1) is 17.2. The minimum atomic E-state index is -0.232. The van der Waals surface area contributed by atoms with E-state index in [1.807, 2.05) is 13.0 Å². The molecule has 3 aromatic rings. The van der Waals surface area contributed by atoms with Gasteiger partial charge in [-0.1, -0.05) is 24.3 Å². The fraction of sp³-hybridized carbons (Fsp3) is 0.464. The number of carbonyl (C=O) groups is 1. The Labute approximate surface area is 206 Å². The second-order valence-electron chi connectivity index (χ2n) is 9.44. The average Bonchev–Trinajstić information content (AvgIpc) is 3.74. The molecule has 2 heterocycles. The van der Waals surface area contributed by atoms with E-state index >= 15 is 0 Å². The summed E-state index contributed by atoms with van der Waals surface area (Å²) in [6.07, 6.45) is 4.48. The summed E-state index contributed by atoms with van der Waals surface area (Å²) in [5.74, 6) is 3.75. The van der Waals surface area contributed by atoms with Crippen LogP contribution in [0.15, 0.2) is 42.5 Å². The maximum absolute atomic E-state index is 11.7. The second kappa shape index (κ2) is 10.6. The van der Waals surface area contributed by atoms with Gasteiger partial charge in [-0.2, -0.15) is 0 Å². The van der Waals surface area contributed by atoms with Crippen LogP contribution in [0.5, 0.6) is 5.75 Å². The number of piperidine rings is 1. The maximum Gasteiger partial charge on any atom is 0.319 e. The number of esters is 1. The van der Waals surface area contributed by atoms with Crippen molar-refractivity contribution in [1.29, 1.82) is 0 Å². The van der Waals surface area contributed by atoms with Crippen LogP contribution in [0.2, 0.25) is 0 Å². The van der Waals surface area contributed by atoms with E-state index in [1.54, 1.807) is 7.11 Å². The van der Waals surface area contributed by atoms with E-state index in [0.717, 1.165) is 59.8 Å². The molecule has 2 aliphatic rings. The third-order valence-corrected chi connectivity index (χ3v) is 6.98. The predicted molar refractivity (Wildman–Crippen MR) is 137 cm³/mol. The summed E-state index contributed by atoms with van der Waals surface area (Å²) >= 11 is 0. The molecule has 1 aliphatic heterocycles. The zero-order chi connectivity index (χ0) is 24.2. The zero-order valence-electron chi connectivity index (χ0n) is 20.6. The number of ether oxygens (including phenoxy) is 2. The fourth-order valence-electron chi connectivity index (χ4n) is 4.98. The van der Waals surface area contributed by atoms with E-state index in [-0.39, 0.29) is 12.5 Å². The number of methoxy groups -OCH3 is 1. The summed E-state index contributed by atoms with van der Waals surface area (Å²) in [6.45, 7) is 4.90. The lowest BCUT2D eigenvalue weighted by Crippen LogP contribution is -2.34. The minimum absolute atomic E-state index is 0.201. The molecular weight excluding hydrogens is 440 g/mol. The van der Waals surface area contributed by atoms with Crippen molar-refractivity contribution in [2.24, 2.45) is 0 Å². The summed E-state index contributed by atoms with van der Waals surface area (Å²) in [4.78, 5) is 24.1. The van der Waals surface area contributed by atoms with Gasteiger partial charge in [0.2, 0.25) is 0 Å². The van der Waals surface area contributed by atoms with Crippen LogP contribution in [0.1, 0.15) is 61.4 Å². The lowest BCUT2D eigenvalue weighted by molar-refractivity contribution is -0.142. The predicted octanol–water partition coefficient (Wildman–Crippen LogP) is 4.55. The Hall–Kier alpha value is -3.19. The van der Waals surface area contributed by atoms with Crippen LogP contribution in [0.25, 0.3) is 10.9 Å². The van der Waals surface area contributed by atoms with Crippen molar-refractivity contribution >= 4 is 22.7 Å². The number of hydrogen-bond acceptors (Lipinski definition) is 7. The third-order valence-electron chi connectivity index (χ3n) is 6.98. The average molecular weight is 475 g/mol. The number of hydrogen-bond donors (Lipinski definition) is 1. The van der Waals surface area contributed by atoms with Crippen LogP contribution in [0.4, 0.5) is 5.82 Å². The molecule has 5 rings (SSSR count). The molecule has 0 atom stereocenters. The standard InChI is InChI=1S/C28H34N4O3/c1-3-35-26(33)18-29-17-19-8-11-24-23(16-19)28(31-27(30-24)21-9-10-21)32-14-12-20(13-15-32)22-6-4-5-7-25(22)34-2/h4-8,11,16,20-21,29H,3,9-10,12-15,17-18H2,1-2H3. The van der Waals surface area contributed by atoms with E-state index in [0.29, 0.717) is 25.0 Å². The number of fused-ring (bicyclic) bond motifs is 1. The summed E-state index contributed by atoms with van der Waals surface area (Å²) < 4.78 is 10.6. The van der Waals surface area contributed by atoms with Crippen LogP contribution in [0.3, 0.4) is 0 Å². The van der Waals surface area contributed by atoms with E-state index in [2.05, 4.69) is 46.6 Å². The van der Waals surface area contributed by atoms with Gasteiger partial charge in [-0.15, -0.1) is 0 Å². The topological polar surface area (TPSA) is 76.6 Å². The first-order valence-corrected chi connectivity index (χ1v) is 12.7. The van der Waals surface area contributed by atoms with Gasteiger partial charge >= 0.3 is 5.97 Å². The third kappa shape index (κ3) is 5.40. The normalized spacial score (nSPS) is 16.5. The van der Waals surface area contributed by atoms with Crippen LogP contribution >= 0.6 is 0 Å². The van der Waals surface area contributed by atoms with Gasteiger partial charge in [-0.25, -0.2) is 9.97 Å². The van der Waals surface area contributed by atoms with Gasteiger partial charge < -0.3 is 19.7 Å². The first-order valence-electron chi connectivity index (χ1n) is 12.7.